The van der Waals surface area contributed by atoms with Crippen LogP contribution in [0.5, 0.6) is 0 Å². The first-order chi connectivity index (χ1) is 13.6. The number of nitrogens with zero attached hydrogens (tertiary/aromatic N) is 2. The Bertz CT molecular complexity index is 1140. The van der Waals surface area contributed by atoms with Crippen molar-refractivity contribution in [2.45, 2.75) is 26.3 Å². The third kappa shape index (κ3) is 3.17. The zero-order valence-electron chi connectivity index (χ0n) is 15.7. The normalized spacial score (nSPS) is 13.5. The Hall–Kier alpha value is -3.41. The molecular formula is C22H20N3O3-. The smallest absolute Gasteiger partial charge is 0.196 e. The fourth-order valence-corrected chi connectivity index (χ4v) is 3.22. The number of hydrogen-bond acceptors (Lipinski definition) is 6. The van der Waals surface area contributed by atoms with Crippen molar-refractivity contribution < 1.29 is 14.3 Å². The van der Waals surface area contributed by atoms with Gasteiger partial charge in [-0.25, -0.2) is 9.97 Å². The monoisotopic (exact) mass is 374 g/mol. The number of aromatic nitrogens is 2. The number of carbonyl (C=O) groups excluding carboxylic acids is 1. The van der Waals surface area contributed by atoms with E-state index in [1.54, 1.807) is 0 Å². The average Bonchev–Trinajstić information content (AvgIpc) is 3.10. The molecule has 0 saturated carbocycles. The maximum atomic E-state index is 11.7. The van der Waals surface area contributed by atoms with E-state index in [-0.39, 0.29) is 5.92 Å². The Balaban J connectivity index is 1.94. The van der Waals surface area contributed by atoms with Gasteiger partial charge in [-0.05, 0) is 18.1 Å². The lowest BCUT2D eigenvalue weighted by Gasteiger charge is -2.25. The van der Waals surface area contributed by atoms with Crippen molar-refractivity contribution in [3.8, 4) is 11.4 Å². The summed E-state index contributed by atoms with van der Waals surface area (Å²) in [6.45, 7) is 3.80. The predicted molar refractivity (Wildman–Crippen MR) is 107 cm³/mol. The van der Waals surface area contributed by atoms with E-state index in [1.807, 2.05) is 68.4 Å². The van der Waals surface area contributed by atoms with Gasteiger partial charge in [0.2, 0.25) is 0 Å². The van der Waals surface area contributed by atoms with E-state index in [1.165, 1.54) is 0 Å². The lowest BCUT2D eigenvalue weighted by Crippen LogP contribution is -2.45. The molecule has 4 rings (SSSR count). The van der Waals surface area contributed by atoms with Crippen LogP contribution in [0.2, 0.25) is 0 Å². The lowest BCUT2D eigenvalue weighted by atomic mass is 9.99. The number of hydrogen-bond donors (Lipinski definition) is 1. The zero-order chi connectivity index (χ0) is 19.7. The first-order valence-corrected chi connectivity index (χ1v) is 9.30. The minimum Gasteiger partial charge on any atom is -0.548 e. The van der Waals surface area contributed by atoms with Crippen LogP contribution in [0, 0.1) is 5.92 Å². The van der Waals surface area contributed by atoms with Crippen molar-refractivity contribution in [1.82, 2.24) is 9.97 Å². The van der Waals surface area contributed by atoms with Crippen LogP contribution in [0.4, 0.5) is 5.82 Å². The van der Waals surface area contributed by atoms with Crippen LogP contribution in [0.1, 0.15) is 20.3 Å². The second-order valence-corrected chi connectivity index (χ2v) is 6.86. The SMILES string of the molecule is CC[C@H](C)[C@@H](Nc1nc(-c2ccccc2)nc2c1oc1ccccc12)C(=O)[O-]. The summed E-state index contributed by atoms with van der Waals surface area (Å²) in [4.78, 5) is 21.0. The molecule has 28 heavy (non-hydrogen) atoms. The van der Waals surface area contributed by atoms with Crippen LogP contribution in [-0.2, 0) is 4.79 Å². The molecule has 4 aromatic rings. The first kappa shape index (κ1) is 18.0. The number of aliphatic carboxylic acids is 1. The van der Waals surface area contributed by atoms with E-state index in [2.05, 4.69) is 10.3 Å². The fraction of sp³-hybridized carbons (Fsp3) is 0.227. The fourth-order valence-electron chi connectivity index (χ4n) is 3.22. The van der Waals surface area contributed by atoms with Crippen LogP contribution in [-0.4, -0.2) is 22.0 Å². The maximum absolute atomic E-state index is 11.7. The Morgan fingerprint density at radius 3 is 2.54 bits per heavy atom. The third-order valence-corrected chi connectivity index (χ3v) is 5.01. The quantitative estimate of drug-likeness (QED) is 0.554. The van der Waals surface area contributed by atoms with Crippen molar-refractivity contribution in [3.05, 3.63) is 54.6 Å². The topological polar surface area (TPSA) is 91.1 Å². The Kier molecular flexibility index (Phi) is 4.69. The molecule has 6 heteroatoms. The third-order valence-electron chi connectivity index (χ3n) is 5.01. The van der Waals surface area contributed by atoms with Crippen molar-refractivity contribution in [2.75, 3.05) is 5.32 Å². The minimum atomic E-state index is -1.17. The van der Waals surface area contributed by atoms with Crippen molar-refractivity contribution in [3.63, 3.8) is 0 Å². The molecular weight excluding hydrogens is 354 g/mol. The van der Waals surface area contributed by atoms with E-state index >= 15 is 0 Å². The maximum Gasteiger partial charge on any atom is 0.196 e. The van der Waals surface area contributed by atoms with Gasteiger partial charge in [0.15, 0.2) is 17.2 Å². The molecule has 0 saturated heterocycles. The average molecular weight is 374 g/mol. The van der Waals surface area contributed by atoms with Crippen LogP contribution in [0.3, 0.4) is 0 Å². The Morgan fingerprint density at radius 1 is 1.11 bits per heavy atom. The van der Waals surface area contributed by atoms with Gasteiger partial charge in [-0.15, -0.1) is 0 Å². The molecule has 0 aliphatic heterocycles. The summed E-state index contributed by atoms with van der Waals surface area (Å²) in [6, 6.07) is 16.3. The number of carbonyl (C=O) groups is 1. The molecule has 1 N–H and O–H groups in total. The van der Waals surface area contributed by atoms with Gasteiger partial charge in [0.1, 0.15) is 11.1 Å². The second-order valence-electron chi connectivity index (χ2n) is 6.86. The number of nitrogens with one attached hydrogen (secondary N) is 1. The molecule has 0 spiro atoms. The highest BCUT2D eigenvalue weighted by Gasteiger charge is 2.22. The van der Waals surface area contributed by atoms with Gasteiger partial charge in [-0.3, -0.25) is 0 Å². The van der Waals surface area contributed by atoms with E-state index in [4.69, 9.17) is 9.40 Å². The summed E-state index contributed by atoms with van der Waals surface area (Å²) < 4.78 is 5.97. The first-order valence-electron chi connectivity index (χ1n) is 9.30. The van der Waals surface area contributed by atoms with Crippen molar-refractivity contribution in [2.24, 2.45) is 5.92 Å². The molecule has 2 aromatic carbocycles. The number of fused-ring (bicyclic) bond motifs is 3. The standard InChI is InChI=1S/C22H21N3O3/c1-3-13(2)17(22(26)27)23-21-19-18(15-11-7-8-12-16(15)28-19)24-20(25-21)14-9-5-4-6-10-14/h4-13,17H,3H2,1-2H3,(H,26,27)(H,23,24,25)/p-1/t13-,17+/m0/s1. The highest BCUT2D eigenvalue weighted by atomic mass is 16.4. The molecule has 0 aliphatic rings. The molecule has 0 radical (unpaired) electrons. The molecule has 0 aliphatic carbocycles. The summed E-state index contributed by atoms with van der Waals surface area (Å²) in [7, 11) is 0. The largest absolute Gasteiger partial charge is 0.548 e. The van der Waals surface area contributed by atoms with Crippen LogP contribution >= 0.6 is 0 Å². The van der Waals surface area contributed by atoms with Gasteiger partial charge in [-0.1, -0.05) is 62.7 Å². The van der Waals surface area contributed by atoms with Gasteiger partial charge in [0.05, 0.1) is 12.0 Å². The van der Waals surface area contributed by atoms with Gasteiger partial charge in [0, 0.05) is 10.9 Å². The molecule has 0 bridgehead atoms. The number of carboxylic acid groups (broad SMARTS) is 1. The number of furan rings is 1. The van der Waals surface area contributed by atoms with Gasteiger partial charge < -0.3 is 19.6 Å². The van der Waals surface area contributed by atoms with Gasteiger partial charge in [0.25, 0.3) is 0 Å². The molecule has 0 amide bonds. The van der Waals surface area contributed by atoms with Gasteiger partial charge >= 0.3 is 0 Å². The lowest BCUT2D eigenvalue weighted by molar-refractivity contribution is -0.307. The van der Waals surface area contributed by atoms with Crippen LogP contribution in [0.25, 0.3) is 33.5 Å². The summed E-state index contributed by atoms with van der Waals surface area (Å²) in [6.07, 6.45) is 0.686. The molecule has 0 unspecified atom stereocenters. The number of carboxylic acids is 1. The molecule has 142 valence electrons. The number of para-hydroxylation sites is 1. The molecule has 6 nitrogen and oxygen atoms in total. The predicted octanol–water partition coefficient (Wildman–Crippen LogP) is 3.62. The summed E-state index contributed by atoms with van der Waals surface area (Å²) in [5, 5.41) is 15.6. The minimum absolute atomic E-state index is 0.139. The summed E-state index contributed by atoms with van der Waals surface area (Å²) in [5.74, 6) is -0.448. The van der Waals surface area contributed by atoms with E-state index in [0.29, 0.717) is 34.7 Å². The summed E-state index contributed by atoms with van der Waals surface area (Å²) >= 11 is 0. The van der Waals surface area contributed by atoms with Crippen LogP contribution < -0.4 is 10.4 Å². The van der Waals surface area contributed by atoms with Crippen molar-refractivity contribution in [1.29, 1.82) is 0 Å². The number of rotatable bonds is 6. The number of benzene rings is 2. The Labute approximate surface area is 162 Å². The van der Waals surface area contributed by atoms with E-state index < -0.39 is 12.0 Å². The second kappa shape index (κ2) is 7.31. The van der Waals surface area contributed by atoms with Crippen molar-refractivity contribution >= 4 is 33.9 Å². The highest BCUT2D eigenvalue weighted by molar-refractivity contribution is 6.06. The summed E-state index contributed by atoms with van der Waals surface area (Å²) in [5.41, 5.74) is 2.60. The molecule has 2 atom stereocenters. The molecule has 2 heterocycles. The molecule has 2 aromatic heterocycles. The molecule has 0 fully saturated rings. The van der Waals surface area contributed by atoms with E-state index in [9.17, 15) is 9.90 Å². The highest BCUT2D eigenvalue weighted by Crippen LogP contribution is 2.33. The zero-order valence-corrected chi connectivity index (χ0v) is 15.7. The van der Waals surface area contributed by atoms with E-state index in [0.717, 1.165) is 10.9 Å². The number of anilines is 1. The van der Waals surface area contributed by atoms with Crippen LogP contribution in [0.15, 0.2) is 59.0 Å². The Morgan fingerprint density at radius 2 is 1.82 bits per heavy atom. The van der Waals surface area contributed by atoms with Gasteiger partial charge in [-0.2, -0.15) is 0 Å².